The SMILES string of the molecule is CSC1(C#N)CC2(CC2)C1. The van der Waals surface area contributed by atoms with Crippen LogP contribution in [0, 0.1) is 16.7 Å². The number of hydrogen-bond donors (Lipinski definition) is 0. The Labute approximate surface area is 65.8 Å². The summed E-state index contributed by atoms with van der Waals surface area (Å²) < 4.78 is 0.0243. The van der Waals surface area contributed by atoms with Crippen LogP contribution in [-0.2, 0) is 0 Å². The molecule has 2 rings (SSSR count). The van der Waals surface area contributed by atoms with Crippen LogP contribution in [0.4, 0.5) is 0 Å². The van der Waals surface area contributed by atoms with Gasteiger partial charge < -0.3 is 0 Å². The van der Waals surface area contributed by atoms with Gasteiger partial charge in [0.15, 0.2) is 0 Å². The number of rotatable bonds is 1. The first-order valence-electron chi connectivity index (χ1n) is 3.71. The molecule has 2 aliphatic carbocycles. The maximum absolute atomic E-state index is 8.83. The summed E-state index contributed by atoms with van der Waals surface area (Å²) in [7, 11) is 0. The highest BCUT2D eigenvalue weighted by molar-refractivity contribution is 8.00. The summed E-state index contributed by atoms with van der Waals surface area (Å²) in [5.41, 5.74) is 0.665. The van der Waals surface area contributed by atoms with Gasteiger partial charge in [0.1, 0.15) is 4.75 Å². The Hall–Kier alpha value is -0.160. The lowest BCUT2D eigenvalue weighted by atomic mass is 9.72. The first-order valence-corrected chi connectivity index (χ1v) is 4.93. The molecule has 2 fully saturated rings. The molecule has 2 aliphatic rings. The summed E-state index contributed by atoms with van der Waals surface area (Å²) in [4.78, 5) is 0. The molecule has 0 saturated heterocycles. The lowest BCUT2D eigenvalue weighted by Crippen LogP contribution is -2.40. The van der Waals surface area contributed by atoms with E-state index in [-0.39, 0.29) is 4.75 Å². The molecule has 0 atom stereocenters. The summed E-state index contributed by atoms with van der Waals surface area (Å²) in [6.45, 7) is 0. The summed E-state index contributed by atoms with van der Waals surface area (Å²) in [5.74, 6) is 0. The second-order valence-corrected chi connectivity index (χ2v) is 4.85. The van der Waals surface area contributed by atoms with Gasteiger partial charge in [-0.3, -0.25) is 0 Å². The molecule has 0 radical (unpaired) electrons. The lowest BCUT2D eigenvalue weighted by molar-refractivity contribution is 0.251. The Bertz CT molecular complexity index is 192. The minimum atomic E-state index is 0.0243. The zero-order valence-corrected chi connectivity index (χ0v) is 7.00. The van der Waals surface area contributed by atoms with Crippen molar-refractivity contribution in [3.8, 4) is 6.07 Å². The third-order valence-corrected chi connectivity index (χ3v) is 4.03. The van der Waals surface area contributed by atoms with Crippen LogP contribution in [0.3, 0.4) is 0 Å². The standard InChI is InChI=1S/C8H11NS/c1-10-8(6-9)4-7(5-8)2-3-7/h2-5H2,1H3. The van der Waals surface area contributed by atoms with Crippen LogP contribution in [0.2, 0.25) is 0 Å². The predicted molar refractivity (Wildman–Crippen MR) is 42.8 cm³/mol. The molecular formula is C8H11NS. The molecule has 10 heavy (non-hydrogen) atoms. The van der Waals surface area contributed by atoms with Crippen molar-refractivity contribution in [2.75, 3.05) is 6.26 Å². The van der Waals surface area contributed by atoms with Gasteiger partial charge in [0.05, 0.1) is 6.07 Å². The predicted octanol–water partition coefficient (Wildman–Crippen LogP) is 2.19. The van der Waals surface area contributed by atoms with E-state index in [2.05, 4.69) is 12.3 Å². The smallest absolute Gasteiger partial charge is 0.103 e. The van der Waals surface area contributed by atoms with Gasteiger partial charge in [-0.15, -0.1) is 11.8 Å². The highest BCUT2D eigenvalue weighted by Gasteiger charge is 2.61. The Kier molecular flexibility index (Phi) is 1.12. The first-order chi connectivity index (χ1) is 4.74. The van der Waals surface area contributed by atoms with Gasteiger partial charge in [0, 0.05) is 0 Å². The molecule has 0 aromatic heterocycles. The van der Waals surface area contributed by atoms with E-state index in [0.29, 0.717) is 5.41 Å². The average molecular weight is 153 g/mol. The van der Waals surface area contributed by atoms with Gasteiger partial charge in [0.25, 0.3) is 0 Å². The van der Waals surface area contributed by atoms with Gasteiger partial charge in [0.2, 0.25) is 0 Å². The number of hydrogen-bond acceptors (Lipinski definition) is 2. The van der Waals surface area contributed by atoms with Crippen LogP contribution in [0.5, 0.6) is 0 Å². The van der Waals surface area contributed by atoms with E-state index in [0.717, 1.165) is 12.8 Å². The molecule has 0 heterocycles. The zero-order chi connectivity index (χ0) is 7.24. The Balaban J connectivity index is 2.03. The van der Waals surface area contributed by atoms with Gasteiger partial charge in [-0.25, -0.2) is 0 Å². The summed E-state index contributed by atoms with van der Waals surface area (Å²) in [6, 6.07) is 2.42. The van der Waals surface area contributed by atoms with Crippen molar-refractivity contribution in [3.63, 3.8) is 0 Å². The molecule has 0 aliphatic heterocycles. The zero-order valence-electron chi connectivity index (χ0n) is 6.18. The monoisotopic (exact) mass is 153 g/mol. The summed E-state index contributed by atoms with van der Waals surface area (Å²) in [5, 5.41) is 8.83. The Morgan fingerprint density at radius 3 is 2.30 bits per heavy atom. The molecular weight excluding hydrogens is 142 g/mol. The Morgan fingerprint density at radius 1 is 1.40 bits per heavy atom. The number of nitriles is 1. The maximum Gasteiger partial charge on any atom is 0.103 e. The Morgan fingerprint density at radius 2 is 2.00 bits per heavy atom. The fraction of sp³-hybridized carbons (Fsp3) is 0.875. The summed E-state index contributed by atoms with van der Waals surface area (Å²) >= 11 is 1.74. The van der Waals surface area contributed by atoms with E-state index in [1.807, 2.05) is 0 Å². The van der Waals surface area contributed by atoms with Gasteiger partial charge >= 0.3 is 0 Å². The third-order valence-electron chi connectivity index (χ3n) is 2.87. The van der Waals surface area contributed by atoms with Crippen LogP contribution >= 0.6 is 11.8 Å². The number of nitrogens with zero attached hydrogens (tertiary/aromatic N) is 1. The van der Waals surface area contributed by atoms with Crippen LogP contribution in [0.15, 0.2) is 0 Å². The third kappa shape index (κ3) is 0.703. The van der Waals surface area contributed by atoms with Crippen molar-refractivity contribution in [2.24, 2.45) is 5.41 Å². The van der Waals surface area contributed by atoms with E-state index in [1.54, 1.807) is 11.8 Å². The fourth-order valence-corrected chi connectivity index (χ4v) is 2.95. The summed E-state index contributed by atoms with van der Waals surface area (Å²) in [6.07, 6.45) is 7.15. The van der Waals surface area contributed by atoms with E-state index in [9.17, 15) is 0 Å². The van der Waals surface area contributed by atoms with Crippen molar-refractivity contribution in [2.45, 2.75) is 30.4 Å². The minimum Gasteiger partial charge on any atom is -0.197 e. The van der Waals surface area contributed by atoms with E-state index in [4.69, 9.17) is 5.26 Å². The topological polar surface area (TPSA) is 23.8 Å². The molecule has 0 amide bonds. The first kappa shape index (κ1) is 6.54. The highest BCUT2D eigenvalue weighted by atomic mass is 32.2. The molecule has 1 spiro atoms. The largest absolute Gasteiger partial charge is 0.197 e. The van der Waals surface area contributed by atoms with Crippen LogP contribution in [0.1, 0.15) is 25.7 Å². The van der Waals surface area contributed by atoms with Crippen molar-refractivity contribution >= 4 is 11.8 Å². The van der Waals surface area contributed by atoms with E-state index >= 15 is 0 Å². The molecule has 0 unspecified atom stereocenters. The normalized spacial score (nSPS) is 30.8. The molecule has 0 aromatic carbocycles. The molecule has 1 nitrogen and oxygen atoms in total. The lowest BCUT2D eigenvalue weighted by Gasteiger charge is -2.42. The maximum atomic E-state index is 8.83. The van der Waals surface area contributed by atoms with Gasteiger partial charge in [-0.05, 0) is 37.4 Å². The quantitative estimate of drug-likeness (QED) is 0.576. The van der Waals surface area contributed by atoms with Crippen molar-refractivity contribution in [1.29, 1.82) is 5.26 Å². The van der Waals surface area contributed by atoms with Crippen molar-refractivity contribution in [3.05, 3.63) is 0 Å². The van der Waals surface area contributed by atoms with Gasteiger partial charge in [-0.2, -0.15) is 5.26 Å². The second-order valence-electron chi connectivity index (χ2n) is 3.66. The minimum absolute atomic E-state index is 0.0243. The van der Waals surface area contributed by atoms with Crippen molar-refractivity contribution < 1.29 is 0 Å². The molecule has 2 heteroatoms. The molecule has 54 valence electrons. The molecule has 0 bridgehead atoms. The van der Waals surface area contributed by atoms with E-state index < -0.39 is 0 Å². The highest BCUT2D eigenvalue weighted by Crippen LogP contribution is 2.68. The van der Waals surface area contributed by atoms with Gasteiger partial charge in [-0.1, -0.05) is 0 Å². The van der Waals surface area contributed by atoms with Crippen LogP contribution in [0.25, 0.3) is 0 Å². The number of thioether (sulfide) groups is 1. The second kappa shape index (κ2) is 1.71. The van der Waals surface area contributed by atoms with Crippen LogP contribution in [-0.4, -0.2) is 11.0 Å². The van der Waals surface area contributed by atoms with E-state index in [1.165, 1.54) is 12.8 Å². The molecule has 2 saturated carbocycles. The molecule has 0 N–H and O–H groups in total. The van der Waals surface area contributed by atoms with Crippen molar-refractivity contribution in [1.82, 2.24) is 0 Å². The van der Waals surface area contributed by atoms with Crippen LogP contribution < -0.4 is 0 Å². The average Bonchev–Trinajstić information content (AvgIpc) is 2.63. The molecule has 0 aromatic rings. The fourth-order valence-electron chi connectivity index (χ4n) is 1.96.